The molecule has 0 bridgehead atoms. The van der Waals surface area contributed by atoms with Crippen LogP contribution in [0.5, 0.6) is 5.75 Å². The van der Waals surface area contributed by atoms with E-state index in [1.165, 1.54) is 16.0 Å². The molecule has 3 rings (SSSR count). The minimum atomic E-state index is 0.654. The van der Waals surface area contributed by atoms with E-state index in [1.54, 1.807) is 7.11 Å². The van der Waals surface area contributed by atoms with Gasteiger partial charge < -0.3 is 4.74 Å². The van der Waals surface area contributed by atoms with Gasteiger partial charge >= 0.3 is 0 Å². The van der Waals surface area contributed by atoms with Crippen LogP contribution >= 0.6 is 11.8 Å². The van der Waals surface area contributed by atoms with E-state index in [0.29, 0.717) is 5.25 Å². The van der Waals surface area contributed by atoms with E-state index in [9.17, 15) is 0 Å². The first kappa shape index (κ1) is 9.97. The molecule has 1 aliphatic rings. The topological polar surface area (TPSA) is 22.1 Å². The van der Waals surface area contributed by atoms with Crippen molar-refractivity contribution in [2.45, 2.75) is 23.6 Å². The molecule has 0 spiro atoms. The summed E-state index contributed by atoms with van der Waals surface area (Å²) in [5.74, 6) is 0.871. The third-order valence-electron chi connectivity index (χ3n) is 2.88. The molecule has 0 saturated heterocycles. The number of ether oxygens (including phenoxy) is 1. The van der Waals surface area contributed by atoms with Crippen LogP contribution in [0.1, 0.15) is 12.5 Å². The summed E-state index contributed by atoms with van der Waals surface area (Å²) in [5.41, 5.74) is 2.41. The number of thioether (sulfide) groups is 1. The highest BCUT2D eigenvalue weighted by atomic mass is 32.2. The van der Waals surface area contributed by atoms with Gasteiger partial charge in [0.1, 0.15) is 10.8 Å². The van der Waals surface area contributed by atoms with Crippen molar-refractivity contribution in [1.29, 1.82) is 0 Å². The van der Waals surface area contributed by atoms with Gasteiger partial charge in [-0.2, -0.15) is 0 Å². The Hall–Kier alpha value is -1.22. The SMILES string of the molecule is COc1ccc2cc3c(nc2c1)SC(C)C3. The van der Waals surface area contributed by atoms with Crippen molar-refractivity contribution in [2.24, 2.45) is 0 Å². The highest BCUT2D eigenvalue weighted by molar-refractivity contribution is 8.00. The molecule has 0 radical (unpaired) electrons. The van der Waals surface area contributed by atoms with Gasteiger partial charge in [-0.3, -0.25) is 0 Å². The first-order valence-electron chi connectivity index (χ1n) is 5.40. The number of hydrogen-bond donors (Lipinski definition) is 0. The lowest BCUT2D eigenvalue weighted by Crippen LogP contribution is -1.91. The summed E-state index contributed by atoms with van der Waals surface area (Å²) in [5, 5.41) is 3.05. The van der Waals surface area contributed by atoms with Crippen LogP contribution in [-0.2, 0) is 6.42 Å². The minimum absolute atomic E-state index is 0.654. The molecule has 1 aromatic carbocycles. The standard InChI is InChI=1S/C13H13NOS/c1-8-5-10-6-9-3-4-11(15-2)7-12(9)14-13(10)16-8/h3-4,6-8H,5H2,1-2H3. The first-order chi connectivity index (χ1) is 7.76. The van der Waals surface area contributed by atoms with Gasteiger partial charge in [0.15, 0.2) is 0 Å². The van der Waals surface area contributed by atoms with Crippen LogP contribution in [0.2, 0.25) is 0 Å². The van der Waals surface area contributed by atoms with E-state index in [0.717, 1.165) is 17.7 Å². The number of nitrogens with zero attached hydrogens (tertiary/aromatic N) is 1. The second-order valence-corrected chi connectivity index (χ2v) is 5.57. The second kappa shape index (κ2) is 3.67. The van der Waals surface area contributed by atoms with Crippen molar-refractivity contribution >= 4 is 22.7 Å². The van der Waals surface area contributed by atoms with Crippen molar-refractivity contribution in [3.05, 3.63) is 29.8 Å². The molecular formula is C13H13NOS. The Morgan fingerprint density at radius 1 is 1.38 bits per heavy atom. The lowest BCUT2D eigenvalue weighted by molar-refractivity contribution is 0.415. The van der Waals surface area contributed by atoms with Crippen molar-refractivity contribution < 1.29 is 4.74 Å². The van der Waals surface area contributed by atoms with E-state index < -0.39 is 0 Å². The highest BCUT2D eigenvalue weighted by Crippen LogP contribution is 2.37. The fourth-order valence-electron chi connectivity index (χ4n) is 2.09. The zero-order valence-electron chi connectivity index (χ0n) is 9.36. The number of methoxy groups -OCH3 is 1. The maximum absolute atomic E-state index is 5.22. The average Bonchev–Trinajstić information content (AvgIpc) is 2.64. The monoisotopic (exact) mass is 231 g/mol. The number of fused-ring (bicyclic) bond motifs is 2. The van der Waals surface area contributed by atoms with Gasteiger partial charge in [0.05, 0.1) is 12.6 Å². The summed E-state index contributed by atoms with van der Waals surface area (Å²) in [4.78, 5) is 4.70. The van der Waals surface area contributed by atoms with Gasteiger partial charge in [0, 0.05) is 16.7 Å². The molecule has 0 amide bonds. The lowest BCUT2D eigenvalue weighted by atomic mass is 10.1. The number of pyridine rings is 1. The molecule has 1 unspecified atom stereocenters. The van der Waals surface area contributed by atoms with Crippen LogP contribution in [0.15, 0.2) is 29.3 Å². The molecule has 1 atom stereocenters. The quantitative estimate of drug-likeness (QED) is 0.752. The zero-order chi connectivity index (χ0) is 11.1. The molecule has 0 aliphatic carbocycles. The molecule has 3 heteroatoms. The Bertz CT molecular complexity index is 553. The molecule has 16 heavy (non-hydrogen) atoms. The maximum Gasteiger partial charge on any atom is 0.121 e. The van der Waals surface area contributed by atoms with Gasteiger partial charge in [-0.25, -0.2) is 4.98 Å². The fraction of sp³-hybridized carbons (Fsp3) is 0.308. The van der Waals surface area contributed by atoms with Crippen LogP contribution < -0.4 is 4.74 Å². The third-order valence-corrected chi connectivity index (χ3v) is 4.03. The van der Waals surface area contributed by atoms with Crippen molar-refractivity contribution in [1.82, 2.24) is 4.98 Å². The second-order valence-electron chi connectivity index (χ2n) is 4.14. The molecular weight excluding hydrogens is 218 g/mol. The van der Waals surface area contributed by atoms with Crippen molar-refractivity contribution in [3.8, 4) is 5.75 Å². The molecule has 82 valence electrons. The van der Waals surface area contributed by atoms with Gasteiger partial charge in [-0.05, 0) is 30.2 Å². The fourth-order valence-corrected chi connectivity index (χ4v) is 3.18. The number of aromatic nitrogens is 1. The first-order valence-corrected chi connectivity index (χ1v) is 6.28. The highest BCUT2D eigenvalue weighted by Gasteiger charge is 2.20. The van der Waals surface area contributed by atoms with Crippen LogP contribution in [0.25, 0.3) is 10.9 Å². The van der Waals surface area contributed by atoms with E-state index in [1.807, 2.05) is 23.9 Å². The lowest BCUT2D eigenvalue weighted by Gasteiger charge is -2.04. The third kappa shape index (κ3) is 1.55. The summed E-state index contributed by atoms with van der Waals surface area (Å²) in [7, 11) is 1.69. The zero-order valence-corrected chi connectivity index (χ0v) is 10.2. The average molecular weight is 231 g/mol. The largest absolute Gasteiger partial charge is 0.497 e. The van der Waals surface area contributed by atoms with E-state index in [-0.39, 0.29) is 0 Å². The predicted octanol–water partition coefficient (Wildman–Crippen LogP) is 3.28. The van der Waals surface area contributed by atoms with Crippen molar-refractivity contribution in [2.75, 3.05) is 7.11 Å². The molecule has 2 aromatic rings. The summed E-state index contributed by atoms with van der Waals surface area (Å²) in [6.45, 7) is 2.25. The normalized spacial score (nSPS) is 18.8. The predicted molar refractivity (Wildman–Crippen MR) is 67.3 cm³/mol. The van der Waals surface area contributed by atoms with Crippen LogP contribution in [0.3, 0.4) is 0 Å². The molecule has 0 N–H and O–H groups in total. The van der Waals surface area contributed by atoms with Gasteiger partial charge in [0.2, 0.25) is 0 Å². The van der Waals surface area contributed by atoms with Crippen LogP contribution in [0.4, 0.5) is 0 Å². The number of rotatable bonds is 1. The Balaban J connectivity index is 2.18. The smallest absolute Gasteiger partial charge is 0.121 e. The van der Waals surface area contributed by atoms with E-state index >= 15 is 0 Å². The molecule has 0 saturated carbocycles. The molecule has 2 heterocycles. The molecule has 1 aromatic heterocycles. The Kier molecular flexibility index (Phi) is 2.28. The maximum atomic E-state index is 5.22. The van der Waals surface area contributed by atoms with Gasteiger partial charge in [-0.15, -0.1) is 11.8 Å². The Labute approximate surface area is 99.0 Å². The van der Waals surface area contributed by atoms with E-state index in [4.69, 9.17) is 9.72 Å². The summed E-state index contributed by atoms with van der Waals surface area (Å²) in [6, 6.07) is 8.32. The van der Waals surface area contributed by atoms with Crippen LogP contribution in [-0.4, -0.2) is 17.3 Å². The Morgan fingerprint density at radius 3 is 3.06 bits per heavy atom. The summed E-state index contributed by atoms with van der Waals surface area (Å²) < 4.78 is 5.22. The van der Waals surface area contributed by atoms with Crippen molar-refractivity contribution in [3.63, 3.8) is 0 Å². The van der Waals surface area contributed by atoms with Gasteiger partial charge in [0.25, 0.3) is 0 Å². The molecule has 0 fully saturated rings. The van der Waals surface area contributed by atoms with Crippen LogP contribution in [0, 0.1) is 0 Å². The molecule has 2 nitrogen and oxygen atoms in total. The van der Waals surface area contributed by atoms with E-state index in [2.05, 4.69) is 19.1 Å². The summed E-state index contributed by atoms with van der Waals surface area (Å²) >= 11 is 1.87. The minimum Gasteiger partial charge on any atom is -0.497 e. The number of benzene rings is 1. The van der Waals surface area contributed by atoms with Gasteiger partial charge in [-0.1, -0.05) is 6.92 Å². The number of hydrogen-bond acceptors (Lipinski definition) is 3. The summed E-state index contributed by atoms with van der Waals surface area (Å²) in [6.07, 6.45) is 1.13. The Morgan fingerprint density at radius 2 is 2.25 bits per heavy atom. The molecule has 1 aliphatic heterocycles.